The first kappa shape index (κ1) is 15.9. The quantitative estimate of drug-likeness (QED) is 0.873. The van der Waals surface area contributed by atoms with Gasteiger partial charge in [-0.1, -0.05) is 12.5 Å². The normalized spacial score (nSPS) is 21.8. The Bertz CT molecular complexity index is 489. The van der Waals surface area contributed by atoms with E-state index in [-0.39, 0.29) is 12.6 Å². The second kappa shape index (κ2) is 6.95. The van der Waals surface area contributed by atoms with Gasteiger partial charge < -0.3 is 11.1 Å². The highest BCUT2D eigenvalue weighted by molar-refractivity contribution is 5.92. The van der Waals surface area contributed by atoms with Gasteiger partial charge in [-0.15, -0.1) is 0 Å². The molecular formula is C15H21F2N3O. The minimum Gasteiger partial charge on any atom is -0.330 e. The van der Waals surface area contributed by atoms with E-state index in [1.807, 2.05) is 11.9 Å². The van der Waals surface area contributed by atoms with Crippen LogP contribution in [0.4, 0.5) is 14.5 Å². The van der Waals surface area contributed by atoms with Crippen LogP contribution in [0.1, 0.15) is 19.3 Å². The lowest BCUT2D eigenvalue weighted by Crippen LogP contribution is -2.42. The molecule has 0 radical (unpaired) electrons. The van der Waals surface area contributed by atoms with Crippen molar-refractivity contribution < 1.29 is 13.6 Å². The van der Waals surface area contributed by atoms with Crippen LogP contribution in [0.2, 0.25) is 0 Å². The predicted octanol–water partition coefficient (Wildman–Crippen LogP) is 1.96. The van der Waals surface area contributed by atoms with Gasteiger partial charge in [0.1, 0.15) is 17.3 Å². The molecule has 1 aromatic rings. The van der Waals surface area contributed by atoms with E-state index in [1.54, 1.807) is 0 Å². The van der Waals surface area contributed by atoms with Crippen molar-refractivity contribution in [2.45, 2.75) is 25.3 Å². The number of hydrogen-bond donors (Lipinski definition) is 2. The SMILES string of the molecule is CN(CC(=O)Nc1c(F)cccc1F)C1CCCC1CN. The lowest BCUT2D eigenvalue weighted by Gasteiger charge is -2.28. The van der Waals surface area contributed by atoms with E-state index in [0.717, 1.165) is 31.4 Å². The summed E-state index contributed by atoms with van der Waals surface area (Å²) in [5, 5.41) is 2.30. The van der Waals surface area contributed by atoms with Gasteiger partial charge >= 0.3 is 0 Å². The van der Waals surface area contributed by atoms with Gasteiger partial charge in [-0.25, -0.2) is 8.78 Å². The van der Waals surface area contributed by atoms with Gasteiger partial charge in [0, 0.05) is 6.04 Å². The molecule has 0 aromatic heterocycles. The number of carbonyl (C=O) groups excluding carboxylic acids is 1. The molecule has 4 nitrogen and oxygen atoms in total. The Kier molecular flexibility index (Phi) is 5.25. The van der Waals surface area contributed by atoms with Gasteiger partial charge in [-0.05, 0) is 44.5 Å². The maximum atomic E-state index is 13.5. The number of nitrogens with two attached hydrogens (primary N) is 1. The first-order valence-corrected chi connectivity index (χ1v) is 7.17. The van der Waals surface area contributed by atoms with Crippen LogP contribution in [0.25, 0.3) is 0 Å². The summed E-state index contributed by atoms with van der Waals surface area (Å²) in [4.78, 5) is 13.9. The van der Waals surface area contributed by atoms with E-state index in [2.05, 4.69) is 5.32 Å². The molecule has 0 saturated heterocycles. The predicted molar refractivity (Wildman–Crippen MR) is 77.8 cm³/mol. The molecule has 0 aliphatic heterocycles. The molecule has 1 aliphatic carbocycles. The van der Waals surface area contributed by atoms with E-state index in [4.69, 9.17) is 5.73 Å². The molecule has 1 amide bonds. The third-order valence-electron chi connectivity index (χ3n) is 4.11. The van der Waals surface area contributed by atoms with Crippen molar-refractivity contribution in [3.8, 4) is 0 Å². The summed E-state index contributed by atoms with van der Waals surface area (Å²) in [6.07, 6.45) is 3.16. The molecule has 1 saturated carbocycles. The number of para-hydroxylation sites is 1. The number of nitrogens with one attached hydrogen (secondary N) is 1. The number of carbonyl (C=O) groups is 1. The van der Waals surface area contributed by atoms with Gasteiger partial charge in [0.05, 0.1) is 6.54 Å². The molecule has 1 aliphatic rings. The molecule has 2 unspecified atom stereocenters. The van der Waals surface area contributed by atoms with Gasteiger partial charge in [-0.2, -0.15) is 0 Å². The molecule has 0 bridgehead atoms. The molecule has 21 heavy (non-hydrogen) atoms. The van der Waals surface area contributed by atoms with Gasteiger partial charge in [0.2, 0.25) is 5.91 Å². The highest BCUT2D eigenvalue weighted by atomic mass is 19.1. The molecule has 3 N–H and O–H groups in total. The largest absolute Gasteiger partial charge is 0.330 e. The van der Waals surface area contributed by atoms with E-state index in [1.165, 1.54) is 6.07 Å². The Morgan fingerprint density at radius 3 is 2.67 bits per heavy atom. The number of hydrogen-bond acceptors (Lipinski definition) is 3. The van der Waals surface area contributed by atoms with Crippen molar-refractivity contribution in [1.29, 1.82) is 0 Å². The third kappa shape index (κ3) is 3.77. The fourth-order valence-corrected chi connectivity index (χ4v) is 3.01. The summed E-state index contributed by atoms with van der Waals surface area (Å²) < 4.78 is 27.0. The molecule has 116 valence electrons. The van der Waals surface area contributed by atoms with E-state index in [0.29, 0.717) is 12.5 Å². The van der Waals surface area contributed by atoms with E-state index in [9.17, 15) is 13.6 Å². The topological polar surface area (TPSA) is 58.4 Å². The average Bonchev–Trinajstić information content (AvgIpc) is 2.91. The summed E-state index contributed by atoms with van der Waals surface area (Å²) in [6.45, 7) is 0.688. The van der Waals surface area contributed by atoms with Gasteiger partial charge in [-0.3, -0.25) is 9.69 Å². The van der Waals surface area contributed by atoms with Crippen LogP contribution in [-0.4, -0.2) is 37.0 Å². The van der Waals surface area contributed by atoms with Gasteiger partial charge in [0.15, 0.2) is 0 Å². The zero-order chi connectivity index (χ0) is 15.4. The minimum absolute atomic E-state index is 0.0922. The highest BCUT2D eigenvalue weighted by Gasteiger charge is 2.30. The first-order chi connectivity index (χ1) is 10.0. The number of amides is 1. The zero-order valence-electron chi connectivity index (χ0n) is 12.1. The summed E-state index contributed by atoms with van der Waals surface area (Å²) in [5.74, 6) is -1.59. The molecule has 6 heteroatoms. The highest BCUT2D eigenvalue weighted by Crippen LogP contribution is 2.28. The Hall–Kier alpha value is -1.53. The maximum absolute atomic E-state index is 13.5. The number of anilines is 1. The van der Waals surface area contributed by atoms with E-state index >= 15 is 0 Å². The van der Waals surface area contributed by atoms with Gasteiger partial charge in [0.25, 0.3) is 0 Å². The standard InChI is InChI=1S/C15H21F2N3O/c1-20(13-7-2-4-10(13)8-18)9-14(21)19-15-11(16)5-3-6-12(15)17/h3,5-6,10,13H,2,4,7-9,18H2,1H3,(H,19,21). The molecule has 1 fully saturated rings. The van der Waals surface area contributed by atoms with Crippen LogP contribution in [0.3, 0.4) is 0 Å². The Balaban J connectivity index is 1.95. The second-order valence-electron chi connectivity index (χ2n) is 5.55. The summed E-state index contributed by atoms with van der Waals surface area (Å²) in [5.41, 5.74) is 5.34. The summed E-state index contributed by atoms with van der Waals surface area (Å²) in [7, 11) is 1.84. The lowest BCUT2D eigenvalue weighted by atomic mass is 10.0. The van der Waals surface area contributed by atoms with Crippen LogP contribution in [-0.2, 0) is 4.79 Å². The summed E-state index contributed by atoms with van der Waals surface area (Å²) in [6, 6.07) is 3.75. The number of benzene rings is 1. The van der Waals surface area contributed by atoms with Crippen LogP contribution in [0.5, 0.6) is 0 Å². The van der Waals surface area contributed by atoms with Crippen LogP contribution < -0.4 is 11.1 Å². The van der Waals surface area contributed by atoms with Crippen LogP contribution >= 0.6 is 0 Å². The van der Waals surface area contributed by atoms with Crippen molar-refractivity contribution >= 4 is 11.6 Å². The number of halogens is 2. The Labute approximate surface area is 123 Å². The van der Waals surface area contributed by atoms with Crippen molar-refractivity contribution in [1.82, 2.24) is 4.90 Å². The fraction of sp³-hybridized carbons (Fsp3) is 0.533. The molecule has 0 heterocycles. The first-order valence-electron chi connectivity index (χ1n) is 7.17. The lowest BCUT2D eigenvalue weighted by molar-refractivity contribution is -0.117. The molecule has 2 rings (SSSR count). The zero-order valence-corrected chi connectivity index (χ0v) is 12.1. The van der Waals surface area contributed by atoms with Crippen LogP contribution in [0.15, 0.2) is 18.2 Å². The average molecular weight is 297 g/mol. The smallest absolute Gasteiger partial charge is 0.238 e. The Morgan fingerprint density at radius 1 is 1.38 bits per heavy atom. The maximum Gasteiger partial charge on any atom is 0.238 e. The number of likely N-dealkylation sites (N-methyl/N-ethyl adjacent to an activating group) is 1. The monoisotopic (exact) mass is 297 g/mol. The van der Waals surface area contributed by atoms with Crippen molar-refractivity contribution in [2.75, 3.05) is 25.5 Å². The van der Waals surface area contributed by atoms with Crippen LogP contribution in [0, 0.1) is 17.6 Å². The summed E-state index contributed by atoms with van der Waals surface area (Å²) >= 11 is 0. The minimum atomic E-state index is -0.772. The molecular weight excluding hydrogens is 276 g/mol. The molecule has 2 atom stereocenters. The molecule has 1 aromatic carbocycles. The molecule has 0 spiro atoms. The van der Waals surface area contributed by atoms with Crippen molar-refractivity contribution in [3.63, 3.8) is 0 Å². The van der Waals surface area contributed by atoms with Crippen molar-refractivity contribution in [2.24, 2.45) is 11.7 Å². The number of rotatable bonds is 5. The third-order valence-corrected chi connectivity index (χ3v) is 4.11. The fourth-order valence-electron chi connectivity index (χ4n) is 3.01. The number of nitrogens with zero attached hydrogens (tertiary/aromatic N) is 1. The Morgan fingerprint density at radius 2 is 2.05 bits per heavy atom. The van der Waals surface area contributed by atoms with E-state index < -0.39 is 23.2 Å². The van der Waals surface area contributed by atoms with Crippen molar-refractivity contribution in [3.05, 3.63) is 29.8 Å². The second-order valence-corrected chi connectivity index (χ2v) is 5.55.